The summed E-state index contributed by atoms with van der Waals surface area (Å²) in [5.74, 6) is -0.222. The molecule has 0 saturated carbocycles. The van der Waals surface area contributed by atoms with E-state index in [2.05, 4.69) is 4.98 Å². The quantitative estimate of drug-likeness (QED) is 0.900. The number of benzene rings is 1. The first-order valence-corrected chi connectivity index (χ1v) is 5.17. The number of hydrogen-bond acceptors (Lipinski definition) is 4. The van der Waals surface area contributed by atoms with Crippen LogP contribution in [0.25, 0.3) is 0 Å². The molecule has 0 spiro atoms. The first-order valence-electron chi connectivity index (χ1n) is 5.17. The number of nitriles is 1. The first-order chi connectivity index (χ1) is 8.74. The molecule has 0 amide bonds. The Bertz CT molecular complexity index is 608. The van der Waals surface area contributed by atoms with Crippen LogP contribution in [0, 0.1) is 17.1 Å². The lowest BCUT2D eigenvalue weighted by Gasteiger charge is -2.08. The number of halogens is 1. The highest BCUT2D eigenvalue weighted by Gasteiger charge is 2.07. The Hall–Kier alpha value is -2.45. The molecule has 1 aromatic heterocycles. The molecule has 4 nitrogen and oxygen atoms in total. The highest BCUT2D eigenvalue weighted by Crippen LogP contribution is 2.24. The van der Waals surface area contributed by atoms with Gasteiger partial charge in [-0.25, -0.2) is 9.37 Å². The molecule has 5 heteroatoms. The van der Waals surface area contributed by atoms with Crippen LogP contribution in [0.4, 0.5) is 4.39 Å². The molecule has 18 heavy (non-hydrogen) atoms. The monoisotopic (exact) mass is 244 g/mol. The van der Waals surface area contributed by atoms with Crippen molar-refractivity contribution in [2.75, 3.05) is 0 Å². The van der Waals surface area contributed by atoms with Crippen molar-refractivity contribution in [3.8, 4) is 17.7 Å². The second kappa shape index (κ2) is 5.25. The third-order valence-corrected chi connectivity index (χ3v) is 2.30. The third kappa shape index (κ3) is 2.44. The minimum atomic E-state index is -0.656. The number of rotatable bonds is 3. The van der Waals surface area contributed by atoms with Crippen LogP contribution in [0.3, 0.4) is 0 Å². The van der Waals surface area contributed by atoms with Crippen LogP contribution in [0.2, 0.25) is 0 Å². The summed E-state index contributed by atoms with van der Waals surface area (Å²) in [4.78, 5) is 3.95. The van der Waals surface area contributed by atoms with Crippen LogP contribution in [0.1, 0.15) is 11.1 Å². The normalized spacial score (nSPS) is 9.83. The molecule has 0 saturated heterocycles. The summed E-state index contributed by atoms with van der Waals surface area (Å²) in [5, 5.41) is 17.7. The molecule has 2 rings (SSSR count). The van der Waals surface area contributed by atoms with Crippen LogP contribution in [0.15, 0.2) is 36.5 Å². The van der Waals surface area contributed by atoms with E-state index >= 15 is 0 Å². The van der Waals surface area contributed by atoms with Crippen molar-refractivity contribution in [2.24, 2.45) is 0 Å². The van der Waals surface area contributed by atoms with Gasteiger partial charge in [-0.05, 0) is 24.3 Å². The zero-order valence-electron chi connectivity index (χ0n) is 9.30. The van der Waals surface area contributed by atoms with Gasteiger partial charge in [-0.2, -0.15) is 5.26 Å². The number of nitrogens with zero attached hydrogens (tertiary/aromatic N) is 2. The van der Waals surface area contributed by atoms with Crippen LogP contribution in [0.5, 0.6) is 11.6 Å². The summed E-state index contributed by atoms with van der Waals surface area (Å²) in [7, 11) is 0. The van der Waals surface area contributed by atoms with E-state index in [-0.39, 0.29) is 23.8 Å². The van der Waals surface area contributed by atoms with E-state index in [1.807, 2.05) is 0 Å². The summed E-state index contributed by atoms with van der Waals surface area (Å²) >= 11 is 0. The standard InChI is InChI=1S/C13H9FN2O2/c14-12-6-11(4-3-9(12)7-15)18-13-10(8-17)2-1-5-16-13/h1-6,17H,8H2. The molecule has 2 aromatic rings. The van der Waals surface area contributed by atoms with Gasteiger partial charge in [0.2, 0.25) is 5.88 Å². The molecule has 1 N–H and O–H groups in total. The minimum Gasteiger partial charge on any atom is -0.439 e. The van der Waals surface area contributed by atoms with Crippen molar-refractivity contribution < 1.29 is 14.2 Å². The average Bonchev–Trinajstić information content (AvgIpc) is 2.39. The molecule has 1 heterocycles. The van der Waals surface area contributed by atoms with Crippen molar-refractivity contribution in [3.63, 3.8) is 0 Å². The first kappa shape index (κ1) is 12.0. The molecule has 1 aromatic carbocycles. The molecule has 0 fully saturated rings. The van der Waals surface area contributed by atoms with E-state index < -0.39 is 5.82 Å². The minimum absolute atomic E-state index is 0.0502. The maximum absolute atomic E-state index is 13.4. The summed E-state index contributed by atoms with van der Waals surface area (Å²) in [6, 6.07) is 8.94. The van der Waals surface area contributed by atoms with Gasteiger partial charge in [0.25, 0.3) is 0 Å². The van der Waals surface area contributed by atoms with Crippen LogP contribution in [-0.4, -0.2) is 10.1 Å². The van der Waals surface area contributed by atoms with Gasteiger partial charge in [0.1, 0.15) is 17.6 Å². The van der Waals surface area contributed by atoms with Crippen LogP contribution < -0.4 is 4.74 Å². The summed E-state index contributed by atoms with van der Waals surface area (Å²) in [5.41, 5.74) is 0.452. The maximum Gasteiger partial charge on any atom is 0.224 e. The fourth-order valence-corrected chi connectivity index (χ4v) is 1.40. The van der Waals surface area contributed by atoms with Crippen molar-refractivity contribution in [3.05, 3.63) is 53.5 Å². The molecule has 0 aliphatic rings. The Labute approximate surface area is 103 Å². The lowest BCUT2D eigenvalue weighted by Crippen LogP contribution is -1.95. The number of hydrogen-bond donors (Lipinski definition) is 1. The van der Waals surface area contributed by atoms with E-state index in [0.717, 1.165) is 6.07 Å². The van der Waals surface area contributed by atoms with Crippen molar-refractivity contribution in [1.82, 2.24) is 4.98 Å². The van der Waals surface area contributed by atoms with Gasteiger partial charge in [0, 0.05) is 17.8 Å². The topological polar surface area (TPSA) is 66.1 Å². The van der Waals surface area contributed by atoms with Gasteiger partial charge in [-0.1, -0.05) is 0 Å². The fraction of sp³-hybridized carbons (Fsp3) is 0.0769. The van der Waals surface area contributed by atoms with Crippen molar-refractivity contribution in [2.45, 2.75) is 6.61 Å². The van der Waals surface area contributed by atoms with E-state index in [0.29, 0.717) is 5.56 Å². The Balaban J connectivity index is 2.29. The molecule has 0 atom stereocenters. The molecular weight excluding hydrogens is 235 g/mol. The Morgan fingerprint density at radius 2 is 2.22 bits per heavy atom. The highest BCUT2D eigenvalue weighted by atomic mass is 19.1. The van der Waals surface area contributed by atoms with E-state index in [9.17, 15) is 4.39 Å². The number of aliphatic hydroxyl groups is 1. The van der Waals surface area contributed by atoms with Gasteiger partial charge in [-0.15, -0.1) is 0 Å². The molecule has 0 unspecified atom stereocenters. The maximum atomic E-state index is 13.4. The zero-order chi connectivity index (χ0) is 13.0. The molecular formula is C13H9FN2O2. The second-order valence-electron chi connectivity index (χ2n) is 3.48. The second-order valence-corrected chi connectivity index (χ2v) is 3.48. The molecule has 0 aliphatic heterocycles. The molecule has 90 valence electrons. The van der Waals surface area contributed by atoms with Crippen molar-refractivity contribution in [1.29, 1.82) is 5.26 Å². The summed E-state index contributed by atoms with van der Waals surface area (Å²) < 4.78 is 18.7. The predicted molar refractivity (Wildman–Crippen MR) is 61.3 cm³/mol. The summed E-state index contributed by atoms with van der Waals surface area (Å²) in [6.45, 7) is -0.220. The number of pyridine rings is 1. The average molecular weight is 244 g/mol. The van der Waals surface area contributed by atoms with Gasteiger partial charge >= 0.3 is 0 Å². The lowest BCUT2D eigenvalue weighted by atomic mass is 10.2. The van der Waals surface area contributed by atoms with E-state index in [4.69, 9.17) is 15.1 Å². The van der Waals surface area contributed by atoms with Gasteiger partial charge in [-0.3, -0.25) is 0 Å². The largest absolute Gasteiger partial charge is 0.439 e. The highest BCUT2D eigenvalue weighted by molar-refractivity contribution is 5.38. The third-order valence-electron chi connectivity index (χ3n) is 2.30. The number of aromatic nitrogens is 1. The van der Waals surface area contributed by atoms with Gasteiger partial charge in [0.15, 0.2) is 0 Å². The zero-order valence-corrected chi connectivity index (χ0v) is 9.30. The van der Waals surface area contributed by atoms with Crippen molar-refractivity contribution >= 4 is 0 Å². The fourth-order valence-electron chi connectivity index (χ4n) is 1.40. The van der Waals surface area contributed by atoms with E-state index in [1.165, 1.54) is 18.3 Å². The van der Waals surface area contributed by atoms with Gasteiger partial charge < -0.3 is 9.84 Å². The van der Waals surface area contributed by atoms with Crippen LogP contribution >= 0.6 is 0 Å². The smallest absolute Gasteiger partial charge is 0.224 e. The Kier molecular flexibility index (Phi) is 3.51. The van der Waals surface area contributed by atoms with Crippen LogP contribution in [-0.2, 0) is 6.61 Å². The lowest BCUT2D eigenvalue weighted by molar-refractivity contribution is 0.275. The Morgan fingerprint density at radius 1 is 1.39 bits per heavy atom. The molecule has 0 radical (unpaired) electrons. The molecule has 0 bridgehead atoms. The SMILES string of the molecule is N#Cc1ccc(Oc2ncccc2CO)cc1F. The predicted octanol–water partition coefficient (Wildman–Crippen LogP) is 2.38. The number of ether oxygens (including phenoxy) is 1. The van der Waals surface area contributed by atoms with E-state index in [1.54, 1.807) is 18.2 Å². The van der Waals surface area contributed by atoms with Gasteiger partial charge in [0.05, 0.1) is 12.2 Å². The Morgan fingerprint density at radius 3 is 2.89 bits per heavy atom. The summed E-state index contributed by atoms with van der Waals surface area (Å²) in [6.07, 6.45) is 1.51. The molecule has 0 aliphatic carbocycles. The number of aliphatic hydroxyl groups excluding tert-OH is 1.